The number of amides is 1. The molecule has 2 nitrogen and oxygen atoms in total. The first-order valence-electron chi connectivity index (χ1n) is 6.55. The summed E-state index contributed by atoms with van der Waals surface area (Å²) in [7, 11) is 0. The van der Waals surface area contributed by atoms with E-state index in [1.54, 1.807) is 11.3 Å². The molecule has 1 aromatic heterocycles. The van der Waals surface area contributed by atoms with Crippen molar-refractivity contribution >= 4 is 50.3 Å². The van der Waals surface area contributed by atoms with Crippen molar-refractivity contribution in [2.75, 3.05) is 12.3 Å². The maximum atomic E-state index is 12.6. The van der Waals surface area contributed by atoms with Crippen molar-refractivity contribution in [1.29, 1.82) is 0 Å². The SMILES string of the molecule is [CH3][Sn]([CH3])([CH3])[c]1cc2c(s1)C(=O)N(C1CC1)CCS2. The number of nitrogens with zero attached hydrogens (tertiary/aromatic N) is 1. The zero-order valence-electron chi connectivity index (χ0n) is 11.2. The zero-order valence-corrected chi connectivity index (χ0v) is 15.6. The number of thiophene rings is 1. The van der Waals surface area contributed by atoms with E-state index >= 15 is 0 Å². The van der Waals surface area contributed by atoms with Crippen LogP contribution in [-0.2, 0) is 0 Å². The second-order valence-corrected chi connectivity index (χ2v) is 23.7. The molecule has 1 aromatic rings. The van der Waals surface area contributed by atoms with Crippen LogP contribution in [0.2, 0.25) is 14.8 Å². The Bertz CT molecular complexity index is 488. The average Bonchev–Trinajstić information content (AvgIpc) is 3.03. The van der Waals surface area contributed by atoms with Crippen LogP contribution in [0.3, 0.4) is 0 Å². The van der Waals surface area contributed by atoms with Gasteiger partial charge in [0.1, 0.15) is 0 Å². The van der Waals surface area contributed by atoms with Crippen molar-refractivity contribution in [2.24, 2.45) is 0 Å². The fourth-order valence-electron chi connectivity index (χ4n) is 2.22. The van der Waals surface area contributed by atoms with Crippen molar-refractivity contribution in [2.45, 2.75) is 38.6 Å². The van der Waals surface area contributed by atoms with Gasteiger partial charge in [0.15, 0.2) is 0 Å². The van der Waals surface area contributed by atoms with Crippen LogP contribution in [0.25, 0.3) is 0 Å². The zero-order chi connectivity index (χ0) is 12.9. The van der Waals surface area contributed by atoms with Gasteiger partial charge < -0.3 is 0 Å². The first-order valence-corrected chi connectivity index (χ1v) is 18.3. The molecule has 0 spiro atoms. The van der Waals surface area contributed by atoms with Crippen LogP contribution in [0.1, 0.15) is 22.5 Å². The van der Waals surface area contributed by atoms with Gasteiger partial charge in [-0.05, 0) is 0 Å². The van der Waals surface area contributed by atoms with E-state index in [0.29, 0.717) is 11.9 Å². The molecule has 1 aliphatic heterocycles. The summed E-state index contributed by atoms with van der Waals surface area (Å²) in [5.41, 5.74) is 0. The predicted molar refractivity (Wildman–Crippen MR) is 82.1 cm³/mol. The summed E-state index contributed by atoms with van der Waals surface area (Å²) >= 11 is 1.65. The quantitative estimate of drug-likeness (QED) is 0.727. The monoisotopic (exact) mass is 389 g/mol. The number of hydrogen-bond donors (Lipinski definition) is 0. The van der Waals surface area contributed by atoms with Crippen molar-refractivity contribution in [1.82, 2.24) is 4.90 Å². The van der Waals surface area contributed by atoms with E-state index < -0.39 is 18.4 Å². The fourth-order valence-corrected chi connectivity index (χ4v) is 10.0. The number of thioether (sulfide) groups is 1. The van der Waals surface area contributed by atoms with Gasteiger partial charge in [0.25, 0.3) is 0 Å². The number of rotatable bonds is 2. The third kappa shape index (κ3) is 2.48. The van der Waals surface area contributed by atoms with Crippen LogP contribution in [0, 0.1) is 0 Å². The molecule has 5 heteroatoms. The second-order valence-electron chi connectivity index (χ2n) is 6.13. The van der Waals surface area contributed by atoms with Gasteiger partial charge in [0.05, 0.1) is 0 Å². The van der Waals surface area contributed by atoms with E-state index in [-0.39, 0.29) is 0 Å². The Hall–Kier alpha value is 0.319. The number of carbonyl (C=O) groups excluding carboxylic acids is 1. The Labute approximate surface area is 121 Å². The number of carbonyl (C=O) groups is 1. The summed E-state index contributed by atoms with van der Waals surface area (Å²) in [4.78, 5) is 24.3. The van der Waals surface area contributed by atoms with Gasteiger partial charge in [-0.3, -0.25) is 0 Å². The van der Waals surface area contributed by atoms with E-state index in [9.17, 15) is 4.79 Å². The van der Waals surface area contributed by atoms with Gasteiger partial charge in [-0.25, -0.2) is 0 Å². The van der Waals surface area contributed by atoms with Gasteiger partial charge in [0.2, 0.25) is 0 Å². The van der Waals surface area contributed by atoms with Crippen LogP contribution in [0.15, 0.2) is 11.0 Å². The van der Waals surface area contributed by atoms with Gasteiger partial charge in [-0.2, -0.15) is 0 Å². The summed E-state index contributed by atoms with van der Waals surface area (Å²) < 4.78 is 1.53. The summed E-state index contributed by atoms with van der Waals surface area (Å²) in [6.45, 7) is 0.934. The Kier molecular flexibility index (Phi) is 3.48. The van der Waals surface area contributed by atoms with Gasteiger partial charge in [-0.15, -0.1) is 0 Å². The molecule has 0 bridgehead atoms. The standard InChI is InChI=1S/C10H10NOS2.3CH3.Sn/c12-10-9-8(3-5-14-9)13-6-4-11(10)7-1-2-7;;;;/h3,7H,1-2,4,6H2;3*1H3;. The topological polar surface area (TPSA) is 20.3 Å². The minimum atomic E-state index is -2.03. The van der Waals surface area contributed by atoms with Gasteiger partial charge >= 0.3 is 122 Å². The van der Waals surface area contributed by atoms with Crippen LogP contribution in [0.4, 0.5) is 0 Å². The van der Waals surface area contributed by atoms with Crippen LogP contribution in [0.5, 0.6) is 0 Å². The van der Waals surface area contributed by atoms with Crippen molar-refractivity contribution in [3.63, 3.8) is 0 Å². The molecule has 1 saturated carbocycles. The van der Waals surface area contributed by atoms with Crippen molar-refractivity contribution < 1.29 is 4.79 Å². The van der Waals surface area contributed by atoms with E-state index in [0.717, 1.165) is 17.2 Å². The molecule has 2 heterocycles. The molecule has 18 heavy (non-hydrogen) atoms. The molecule has 1 fully saturated rings. The predicted octanol–water partition coefficient (Wildman–Crippen LogP) is 3.00. The first kappa shape index (κ1) is 13.3. The Morgan fingerprint density at radius 1 is 1.33 bits per heavy atom. The van der Waals surface area contributed by atoms with Crippen LogP contribution in [-0.4, -0.2) is 47.5 Å². The molecule has 1 aliphatic carbocycles. The Morgan fingerprint density at radius 3 is 2.67 bits per heavy atom. The molecular formula is C13H19NOS2Sn. The summed E-state index contributed by atoms with van der Waals surface area (Å²) in [5.74, 6) is 1.37. The summed E-state index contributed by atoms with van der Waals surface area (Å²) in [6, 6.07) is 2.88. The molecule has 0 unspecified atom stereocenters. The van der Waals surface area contributed by atoms with Crippen molar-refractivity contribution in [3.05, 3.63) is 10.9 Å². The number of hydrogen-bond acceptors (Lipinski definition) is 3. The Balaban J connectivity index is 1.97. The summed E-state index contributed by atoms with van der Waals surface area (Å²) in [6.07, 6.45) is 2.42. The molecule has 0 aromatic carbocycles. The second kappa shape index (κ2) is 4.70. The molecule has 1 amide bonds. The van der Waals surface area contributed by atoms with E-state index in [1.165, 1.54) is 20.6 Å². The normalized spacial score (nSPS) is 20.8. The maximum absolute atomic E-state index is 12.6. The average molecular weight is 388 g/mol. The fraction of sp³-hybridized carbons (Fsp3) is 0.615. The third-order valence-electron chi connectivity index (χ3n) is 3.47. The first-order chi connectivity index (χ1) is 8.47. The van der Waals surface area contributed by atoms with Gasteiger partial charge in [0, 0.05) is 0 Å². The van der Waals surface area contributed by atoms with E-state index in [2.05, 4.69) is 25.8 Å². The molecule has 3 rings (SSSR count). The molecule has 0 N–H and O–H groups in total. The molecule has 98 valence electrons. The van der Waals surface area contributed by atoms with Gasteiger partial charge in [-0.1, -0.05) is 0 Å². The van der Waals surface area contributed by atoms with Crippen LogP contribution >= 0.6 is 23.1 Å². The molecule has 0 atom stereocenters. The Morgan fingerprint density at radius 2 is 2.06 bits per heavy atom. The summed E-state index contributed by atoms with van der Waals surface area (Å²) in [5, 5.41) is 0. The van der Waals surface area contributed by atoms with E-state index in [1.807, 2.05) is 11.8 Å². The molecule has 2 aliphatic rings. The molecular weight excluding hydrogens is 369 g/mol. The molecule has 0 radical (unpaired) electrons. The van der Waals surface area contributed by atoms with E-state index in [4.69, 9.17) is 0 Å². The van der Waals surface area contributed by atoms with Crippen LogP contribution < -0.4 is 2.89 Å². The third-order valence-corrected chi connectivity index (χ3v) is 15.2. The number of fused-ring (bicyclic) bond motifs is 1. The van der Waals surface area contributed by atoms with Crippen molar-refractivity contribution in [3.8, 4) is 0 Å². The molecule has 0 saturated heterocycles. The minimum absolute atomic E-state index is 0.310.